The van der Waals surface area contributed by atoms with Gasteiger partial charge in [-0.1, -0.05) is 24.6 Å². The minimum Gasteiger partial charge on any atom is -0.467 e. The van der Waals surface area contributed by atoms with Crippen LogP contribution in [0.1, 0.15) is 37.3 Å². The molecule has 0 saturated carbocycles. The van der Waals surface area contributed by atoms with Gasteiger partial charge >= 0.3 is 0 Å². The smallest absolute Gasteiger partial charge is 0.183 e. The standard InChI is InChI=1S/C17H24N2O/c1-4-5-15-14-12-13(2)6-7-16(14)20-17(18-15)8-10-19(3)11-9-17/h5-7,12,18H,4,8-11H2,1-3H3/b15-5+. The van der Waals surface area contributed by atoms with Crippen molar-refractivity contribution >= 4 is 5.70 Å². The number of piperidine rings is 1. The summed E-state index contributed by atoms with van der Waals surface area (Å²) in [7, 11) is 2.18. The second-order valence-electron chi connectivity index (χ2n) is 6.05. The van der Waals surface area contributed by atoms with Gasteiger partial charge in [0.05, 0.1) is 0 Å². The molecule has 3 heteroatoms. The summed E-state index contributed by atoms with van der Waals surface area (Å²) < 4.78 is 6.36. The van der Waals surface area contributed by atoms with Crippen molar-refractivity contribution in [1.82, 2.24) is 10.2 Å². The first-order valence-electron chi connectivity index (χ1n) is 7.59. The van der Waals surface area contributed by atoms with E-state index in [4.69, 9.17) is 4.74 Å². The maximum Gasteiger partial charge on any atom is 0.183 e. The first kappa shape index (κ1) is 13.5. The Hall–Kier alpha value is -1.48. The topological polar surface area (TPSA) is 24.5 Å². The highest BCUT2D eigenvalue weighted by Crippen LogP contribution is 2.38. The van der Waals surface area contributed by atoms with E-state index in [-0.39, 0.29) is 5.72 Å². The molecular formula is C17H24N2O. The number of hydrogen-bond donors (Lipinski definition) is 1. The molecule has 1 aromatic rings. The molecule has 3 nitrogen and oxygen atoms in total. The monoisotopic (exact) mass is 272 g/mol. The molecule has 1 fully saturated rings. The van der Waals surface area contributed by atoms with Gasteiger partial charge in [0.1, 0.15) is 5.75 Å². The molecule has 1 N–H and O–H groups in total. The zero-order chi connectivity index (χ0) is 14.2. The predicted molar refractivity (Wildman–Crippen MR) is 82.7 cm³/mol. The lowest BCUT2D eigenvalue weighted by Crippen LogP contribution is -2.57. The maximum absolute atomic E-state index is 6.36. The molecule has 0 atom stereocenters. The van der Waals surface area contributed by atoms with Crippen LogP contribution in [0.4, 0.5) is 0 Å². The van der Waals surface area contributed by atoms with Crippen LogP contribution in [-0.2, 0) is 0 Å². The first-order chi connectivity index (χ1) is 9.62. The first-order valence-corrected chi connectivity index (χ1v) is 7.59. The van der Waals surface area contributed by atoms with Crippen LogP contribution >= 0.6 is 0 Å². The third kappa shape index (κ3) is 2.42. The third-order valence-corrected chi connectivity index (χ3v) is 4.30. The number of nitrogens with zero attached hydrogens (tertiary/aromatic N) is 1. The van der Waals surface area contributed by atoms with Crippen molar-refractivity contribution < 1.29 is 4.74 Å². The summed E-state index contributed by atoms with van der Waals surface area (Å²) in [6.07, 6.45) is 5.36. The van der Waals surface area contributed by atoms with E-state index >= 15 is 0 Å². The lowest BCUT2D eigenvalue weighted by Gasteiger charge is -2.45. The van der Waals surface area contributed by atoms with E-state index < -0.39 is 0 Å². The molecule has 0 bridgehead atoms. The van der Waals surface area contributed by atoms with E-state index in [0.717, 1.165) is 38.1 Å². The largest absolute Gasteiger partial charge is 0.467 e. The van der Waals surface area contributed by atoms with Crippen molar-refractivity contribution in [1.29, 1.82) is 0 Å². The highest BCUT2D eigenvalue weighted by molar-refractivity contribution is 5.72. The molecule has 20 heavy (non-hydrogen) atoms. The molecule has 1 saturated heterocycles. The summed E-state index contributed by atoms with van der Waals surface area (Å²) in [5.74, 6) is 1.03. The van der Waals surface area contributed by atoms with Crippen LogP contribution in [0.2, 0.25) is 0 Å². The zero-order valence-corrected chi connectivity index (χ0v) is 12.7. The van der Waals surface area contributed by atoms with Gasteiger partial charge in [-0.15, -0.1) is 0 Å². The number of aryl methyl sites for hydroxylation is 1. The van der Waals surface area contributed by atoms with Gasteiger partial charge in [0.2, 0.25) is 0 Å². The van der Waals surface area contributed by atoms with Gasteiger partial charge in [-0.2, -0.15) is 0 Å². The van der Waals surface area contributed by atoms with Gasteiger partial charge in [-0.3, -0.25) is 0 Å². The Morgan fingerprint density at radius 1 is 1.35 bits per heavy atom. The van der Waals surface area contributed by atoms with Crippen LogP contribution in [0.3, 0.4) is 0 Å². The fourth-order valence-corrected chi connectivity index (χ4v) is 3.06. The van der Waals surface area contributed by atoms with Crippen molar-refractivity contribution in [3.8, 4) is 5.75 Å². The van der Waals surface area contributed by atoms with Crippen LogP contribution in [0.5, 0.6) is 5.75 Å². The predicted octanol–water partition coefficient (Wildman–Crippen LogP) is 3.15. The summed E-state index contributed by atoms with van der Waals surface area (Å²) >= 11 is 0. The number of hydrogen-bond acceptors (Lipinski definition) is 3. The van der Waals surface area contributed by atoms with Crippen molar-refractivity contribution in [3.63, 3.8) is 0 Å². The fraction of sp³-hybridized carbons (Fsp3) is 0.529. The summed E-state index contributed by atoms with van der Waals surface area (Å²) in [5, 5.41) is 3.69. The van der Waals surface area contributed by atoms with Crippen molar-refractivity contribution in [2.45, 2.75) is 38.8 Å². The maximum atomic E-state index is 6.36. The quantitative estimate of drug-likeness (QED) is 0.850. The SMILES string of the molecule is CC/C=C1/NC2(CCN(C)CC2)Oc2ccc(C)cc21. The Kier molecular flexibility index (Phi) is 3.47. The van der Waals surface area contributed by atoms with E-state index in [2.05, 4.69) is 55.4 Å². The van der Waals surface area contributed by atoms with Gasteiger partial charge in [0.15, 0.2) is 5.72 Å². The van der Waals surface area contributed by atoms with Crippen LogP contribution in [0, 0.1) is 6.92 Å². The summed E-state index contributed by atoms with van der Waals surface area (Å²) in [6.45, 7) is 6.46. The van der Waals surface area contributed by atoms with E-state index in [1.807, 2.05) is 0 Å². The van der Waals surface area contributed by atoms with Gasteiger partial charge in [-0.25, -0.2) is 0 Å². The van der Waals surface area contributed by atoms with E-state index in [1.54, 1.807) is 0 Å². The number of benzene rings is 1. The van der Waals surface area contributed by atoms with Gasteiger partial charge in [0, 0.05) is 37.2 Å². The average molecular weight is 272 g/mol. The Balaban J connectivity index is 1.97. The lowest BCUT2D eigenvalue weighted by atomic mass is 9.95. The molecule has 0 aliphatic carbocycles. The van der Waals surface area contributed by atoms with Crippen LogP contribution < -0.4 is 10.1 Å². The van der Waals surface area contributed by atoms with Crippen molar-refractivity contribution in [2.75, 3.05) is 20.1 Å². The molecule has 0 radical (unpaired) electrons. The molecule has 0 amide bonds. The van der Waals surface area contributed by atoms with Crippen LogP contribution in [0.15, 0.2) is 24.3 Å². The average Bonchev–Trinajstić information content (AvgIpc) is 2.44. The second-order valence-corrected chi connectivity index (χ2v) is 6.05. The van der Waals surface area contributed by atoms with E-state index in [9.17, 15) is 0 Å². The second kappa shape index (κ2) is 5.13. The zero-order valence-electron chi connectivity index (χ0n) is 12.7. The Labute approximate surface area is 121 Å². The molecule has 1 aromatic carbocycles. The summed E-state index contributed by atoms with van der Waals surface area (Å²) in [4.78, 5) is 2.37. The molecule has 1 spiro atoms. The number of likely N-dealkylation sites (tertiary alicyclic amines) is 1. The highest BCUT2D eigenvalue weighted by Gasteiger charge is 2.40. The minimum absolute atomic E-state index is 0.213. The molecule has 0 aromatic heterocycles. The van der Waals surface area contributed by atoms with Crippen LogP contribution in [-0.4, -0.2) is 30.8 Å². The summed E-state index contributed by atoms with van der Waals surface area (Å²) in [6, 6.07) is 6.47. The molecule has 3 rings (SSSR count). The fourth-order valence-electron chi connectivity index (χ4n) is 3.06. The molecule has 0 unspecified atom stereocenters. The Bertz CT molecular complexity index is 528. The Morgan fingerprint density at radius 3 is 2.80 bits per heavy atom. The number of fused-ring (bicyclic) bond motifs is 1. The molecular weight excluding hydrogens is 248 g/mol. The minimum atomic E-state index is -0.213. The van der Waals surface area contributed by atoms with Gasteiger partial charge < -0.3 is 15.0 Å². The van der Waals surface area contributed by atoms with E-state index in [0.29, 0.717) is 0 Å². The normalized spacial score (nSPS) is 23.2. The highest BCUT2D eigenvalue weighted by atomic mass is 16.5. The molecule has 2 heterocycles. The van der Waals surface area contributed by atoms with Gasteiger partial charge in [0.25, 0.3) is 0 Å². The molecule has 2 aliphatic rings. The van der Waals surface area contributed by atoms with Crippen LogP contribution in [0.25, 0.3) is 5.70 Å². The molecule has 108 valence electrons. The summed E-state index contributed by atoms with van der Waals surface area (Å²) in [5.41, 5.74) is 3.50. The Morgan fingerprint density at radius 2 is 2.10 bits per heavy atom. The number of ether oxygens (including phenoxy) is 1. The van der Waals surface area contributed by atoms with Crippen molar-refractivity contribution in [3.05, 3.63) is 35.4 Å². The third-order valence-electron chi connectivity index (χ3n) is 4.30. The van der Waals surface area contributed by atoms with E-state index in [1.165, 1.54) is 16.8 Å². The van der Waals surface area contributed by atoms with Gasteiger partial charge in [-0.05, 0) is 32.5 Å². The van der Waals surface area contributed by atoms with Crippen molar-refractivity contribution in [2.24, 2.45) is 0 Å². The number of rotatable bonds is 1. The lowest BCUT2D eigenvalue weighted by molar-refractivity contribution is -0.0132. The number of nitrogens with one attached hydrogen (secondary N) is 1. The number of allylic oxidation sites excluding steroid dienone is 1. The molecule has 2 aliphatic heterocycles.